The number of halogens is 5. The van der Waals surface area contributed by atoms with Gasteiger partial charge in [0.15, 0.2) is 17.4 Å². The van der Waals surface area contributed by atoms with Crippen molar-refractivity contribution in [3.8, 4) is 22.9 Å². The van der Waals surface area contributed by atoms with Gasteiger partial charge in [-0.2, -0.15) is 0 Å². The van der Waals surface area contributed by atoms with E-state index >= 15 is 4.39 Å². The van der Waals surface area contributed by atoms with Crippen LogP contribution in [0.15, 0.2) is 12.1 Å². The van der Waals surface area contributed by atoms with Crippen molar-refractivity contribution in [3.63, 3.8) is 0 Å². The van der Waals surface area contributed by atoms with Crippen LogP contribution in [0, 0.1) is 25.5 Å². The Morgan fingerprint density at radius 1 is 1.20 bits per heavy atom. The number of piperazine rings is 1. The number of aliphatic hydroxyl groups excluding tert-OH is 1. The van der Waals surface area contributed by atoms with Crippen molar-refractivity contribution in [3.05, 3.63) is 35.0 Å². The second kappa shape index (κ2) is 10.0. The van der Waals surface area contributed by atoms with Gasteiger partial charge in [-0.15, -0.1) is 13.2 Å². The molecule has 3 saturated heterocycles. The predicted octanol–water partition coefficient (Wildman–Crippen LogP) is 3.73. The Morgan fingerprint density at radius 2 is 1.96 bits per heavy atom. The number of ether oxygens (including phenoxy) is 2. The number of anilines is 2. The molecule has 4 N–H and O–H groups in total. The molecule has 4 aliphatic heterocycles. The molecule has 3 fully saturated rings. The number of aryl methyl sites for hydroxylation is 2. The quantitative estimate of drug-likeness (QED) is 0.292. The normalized spacial score (nSPS) is 27.4. The minimum Gasteiger partial charge on any atom is -0.472 e. The molecule has 0 spiro atoms. The number of alkyl halides is 3. The van der Waals surface area contributed by atoms with Gasteiger partial charge in [0.1, 0.15) is 23.2 Å². The van der Waals surface area contributed by atoms with Gasteiger partial charge in [0.2, 0.25) is 11.8 Å². The lowest BCUT2D eigenvalue weighted by molar-refractivity contribution is -0.275. The monoisotopic (exact) mass is 634 g/mol. The van der Waals surface area contributed by atoms with Crippen LogP contribution in [0.3, 0.4) is 0 Å². The lowest BCUT2D eigenvalue weighted by Gasteiger charge is -2.48. The molecule has 5 atom stereocenters. The van der Waals surface area contributed by atoms with E-state index in [2.05, 4.69) is 15.0 Å². The zero-order chi connectivity index (χ0) is 32.2. The fourth-order valence-electron chi connectivity index (χ4n) is 7.47. The van der Waals surface area contributed by atoms with E-state index in [9.17, 15) is 27.5 Å². The van der Waals surface area contributed by atoms with Crippen LogP contribution in [0.1, 0.15) is 37.4 Å². The maximum atomic E-state index is 16.7. The Labute approximate surface area is 254 Å². The van der Waals surface area contributed by atoms with E-state index in [1.165, 1.54) is 0 Å². The van der Waals surface area contributed by atoms with Gasteiger partial charge in [0, 0.05) is 48.5 Å². The van der Waals surface area contributed by atoms with Gasteiger partial charge in [-0.3, -0.25) is 10.1 Å². The number of aromatic nitrogens is 2. The maximum absolute atomic E-state index is 16.7. The highest BCUT2D eigenvalue weighted by Crippen LogP contribution is 2.48. The molecule has 2 bridgehead atoms. The fraction of sp³-hybridized carbons (Fsp3) is 0.500. The van der Waals surface area contributed by atoms with Crippen LogP contribution >= 0.6 is 0 Å². The molecule has 2 aromatic heterocycles. The van der Waals surface area contributed by atoms with Crippen molar-refractivity contribution in [2.75, 3.05) is 30.3 Å². The largest absolute Gasteiger partial charge is 0.573 e. The Kier molecular flexibility index (Phi) is 6.61. The first-order valence-corrected chi connectivity index (χ1v) is 14.7. The van der Waals surface area contributed by atoms with Gasteiger partial charge in [0.25, 0.3) is 0 Å². The number of pyridine rings is 2. The first kappa shape index (κ1) is 29.7. The topological polar surface area (TPSA) is 126 Å². The van der Waals surface area contributed by atoms with E-state index in [4.69, 9.17) is 15.5 Å². The summed E-state index contributed by atoms with van der Waals surface area (Å²) in [6.07, 6.45) is -4.80. The number of benzene rings is 1. The van der Waals surface area contributed by atoms with Crippen molar-refractivity contribution in [2.45, 2.75) is 76.2 Å². The van der Waals surface area contributed by atoms with Crippen LogP contribution in [0.2, 0.25) is 0 Å². The Balaban J connectivity index is 1.42. The molecule has 1 aromatic carbocycles. The summed E-state index contributed by atoms with van der Waals surface area (Å²) in [5.41, 5.74) is 4.09. The van der Waals surface area contributed by atoms with Crippen LogP contribution < -0.4 is 25.4 Å². The molecule has 240 valence electrons. The second-order valence-electron chi connectivity index (χ2n) is 12.4. The summed E-state index contributed by atoms with van der Waals surface area (Å²) >= 11 is 0. The minimum atomic E-state index is -5.28. The molecule has 7 rings (SSSR count). The SMILES string of the molecule is Cc1nc2c3c(nc(-c4cc(N)cc(F)c4OC(F)(F)F)c(F)c3c1C)OC(C)C1C3CCC(C(=O)N4CCC(O)C4)(CN21)N3. The molecule has 10 nitrogen and oxygen atoms in total. The summed E-state index contributed by atoms with van der Waals surface area (Å²) in [6.45, 7) is 5.95. The number of nitrogen functional groups attached to an aromatic ring is 1. The molecule has 1 amide bonds. The number of nitrogens with one attached hydrogen (secondary N) is 1. The summed E-state index contributed by atoms with van der Waals surface area (Å²) < 4.78 is 81.9. The van der Waals surface area contributed by atoms with E-state index in [0.717, 1.165) is 6.07 Å². The molecule has 0 saturated carbocycles. The van der Waals surface area contributed by atoms with E-state index in [-0.39, 0.29) is 53.4 Å². The van der Waals surface area contributed by atoms with Gasteiger partial charge in [0.05, 0.1) is 23.1 Å². The fourth-order valence-corrected chi connectivity index (χ4v) is 7.47. The summed E-state index contributed by atoms with van der Waals surface area (Å²) in [5, 5.41) is 13.8. The molecule has 4 aliphatic rings. The Bertz CT molecular complexity index is 1750. The number of hydrogen-bond acceptors (Lipinski definition) is 9. The number of aliphatic hydroxyl groups is 1. The average Bonchev–Trinajstić information content (AvgIpc) is 3.52. The molecule has 6 heterocycles. The zero-order valence-corrected chi connectivity index (χ0v) is 24.6. The van der Waals surface area contributed by atoms with E-state index in [1.807, 2.05) is 4.90 Å². The highest BCUT2D eigenvalue weighted by molar-refractivity contribution is 6.02. The van der Waals surface area contributed by atoms with Gasteiger partial charge in [-0.25, -0.2) is 18.7 Å². The average molecular weight is 635 g/mol. The van der Waals surface area contributed by atoms with Crippen molar-refractivity contribution in [1.82, 2.24) is 20.2 Å². The molecular formula is C30H31F5N6O4. The van der Waals surface area contributed by atoms with Crippen molar-refractivity contribution in [1.29, 1.82) is 0 Å². The van der Waals surface area contributed by atoms with Crippen molar-refractivity contribution >= 4 is 28.2 Å². The smallest absolute Gasteiger partial charge is 0.472 e. The number of carbonyl (C=O) groups excluding carboxylic acids is 1. The molecule has 45 heavy (non-hydrogen) atoms. The summed E-state index contributed by atoms with van der Waals surface area (Å²) in [6, 6.07) is 1.02. The highest BCUT2D eigenvalue weighted by Gasteiger charge is 2.58. The predicted molar refractivity (Wildman–Crippen MR) is 153 cm³/mol. The molecule has 5 unspecified atom stereocenters. The van der Waals surface area contributed by atoms with Gasteiger partial charge in [-0.1, -0.05) is 0 Å². The third kappa shape index (κ3) is 4.61. The number of rotatable bonds is 3. The Morgan fingerprint density at radius 3 is 2.64 bits per heavy atom. The number of carbonyl (C=O) groups is 1. The second-order valence-corrected chi connectivity index (χ2v) is 12.4. The maximum Gasteiger partial charge on any atom is 0.573 e. The molecule has 3 aromatic rings. The number of likely N-dealkylation sites (tertiary alicyclic amines) is 1. The first-order valence-electron chi connectivity index (χ1n) is 14.7. The van der Waals surface area contributed by atoms with E-state index in [0.29, 0.717) is 48.9 Å². The zero-order valence-electron chi connectivity index (χ0n) is 24.6. The van der Waals surface area contributed by atoms with E-state index < -0.39 is 52.8 Å². The van der Waals surface area contributed by atoms with Crippen LogP contribution in [-0.4, -0.2) is 81.7 Å². The van der Waals surface area contributed by atoms with Crippen molar-refractivity contribution in [2.24, 2.45) is 0 Å². The van der Waals surface area contributed by atoms with Crippen molar-refractivity contribution < 1.29 is 41.3 Å². The standard InChI is InChI=1S/C30H31F5N6O4/c1-12-13(2)37-26-21-20(12)22(32)23(17-8-15(36)9-18(31)25(17)45-30(33,34)35)38-27(21)44-14(3)24-19-4-6-29(39-19,11-41(24)26)28(43)40-7-5-16(42)10-40/h8-9,14,16,19,24,39,42H,4-7,10-11,36H2,1-3H3. The number of β-amino-alcohol motifs (C(OH)–C–C–N with tert-alkyl or cyclic N) is 1. The third-order valence-electron chi connectivity index (χ3n) is 9.53. The molecular weight excluding hydrogens is 603 g/mol. The lowest BCUT2D eigenvalue weighted by Crippen LogP contribution is -2.71. The molecule has 15 heteroatoms. The van der Waals surface area contributed by atoms with Gasteiger partial charge < -0.3 is 30.1 Å². The number of fused-ring (bicyclic) bond motifs is 5. The summed E-state index contributed by atoms with van der Waals surface area (Å²) in [4.78, 5) is 26.7. The number of hydrogen-bond donors (Lipinski definition) is 3. The van der Waals surface area contributed by atoms with Crippen LogP contribution in [0.25, 0.3) is 22.0 Å². The molecule has 0 aliphatic carbocycles. The van der Waals surface area contributed by atoms with Crippen LogP contribution in [0.5, 0.6) is 11.6 Å². The van der Waals surface area contributed by atoms with Gasteiger partial charge >= 0.3 is 6.36 Å². The van der Waals surface area contributed by atoms with Gasteiger partial charge in [-0.05, 0) is 51.7 Å². The van der Waals surface area contributed by atoms with Crippen LogP contribution in [-0.2, 0) is 4.79 Å². The molecule has 0 radical (unpaired) electrons. The third-order valence-corrected chi connectivity index (χ3v) is 9.53. The van der Waals surface area contributed by atoms with Crippen LogP contribution in [0.4, 0.5) is 33.5 Å². The number of nitrogens with zero attached hydrogens (tertiary/aromatic N) is 4. The Hall–Kier alpha value is -3.98. The minimum absolute atomic E-state index is 0.0138. The number of nitrogens with two attached hydrogens (primary N) is 1. The first-order chi connectivity index (χ1) is 21.2. The lowest BCUT2D eigenvalue weighted by atomic mass is 9.92. The summed E-state index contributed by atoms with van der Waals surface area (Å²) in [7, 11) is 0. The highest BCUT2D eigenvalue weighted by atomic mass is 19.4. The van der Waals surface area contributed by atoms with E-state index in [1.54, 1.807) is 25.7 Å². The number of amides is 1. The summed E-state index contributed by atoms with van der Waals surface area (Å²) in [5.74, 6) is -3.64.